The van der Waals surface area contributed by atoms with Crippen LogP contribution in [0.2, 0.25) is 0 Å². The number of isocyanates is 2. The summed E-state index contributed by atoms with van der Waals surface area (Å²) in [4.78, 5) is 28.1. The average Bonchev–Trinajstić information content (AvgIpc) is 2.31. The Bertz CT molecular complexity index is 498. The largest absolute Gasteiger partial charge is 0.240 e. The van der Waals surface area contributed by atoms with Crippen molar-refractivity contribution in [1.29, 1.82) is 0 Å². The van der Waals surface area contributed by atoms with Crippen molar-refractivity contribution in [2.45, 2.75) is 25.3 Å². The van der Waals surface area contributed by atoms with Crippen molar-refractivity contribution in [2.75, 3.05) is 0 Å². The van der Waals surface area contributed by atoms with Crippen LogP contribution >= 0.6 is 0 Å². The van der Waals surface area contributed by atoms with Crippen molar-refractivity contribution >= 4 is 17.8 Å². The van der Waals surface area contributed by atoms with Gasteiger partial charge in [-0.1, -0.05) is 12.1 Å². The highest BCUT2D eigenvalue weighted by molar-refractivity contribution is 5.57. The predicted octanol–water partition coefficient (Wildman–Crippen LogP) is 2.37. The maximum absolute atomic E-state index is 10.3. The molecule has 0 fully saturated rings. The summed E-state index contributed by atoms with van der Waals surface area (Å²) in [5, 5.41) is 0. The van der Waals surface area contributed by atoms with Crippen LogP contribution < -0.4 is 0 Å². The van der Waals surface area contributed by atoms with Gasteiger partial charge in [-0.2, -0.15) is 9.98 Å². The van der Waals surface area contributed by atoms with Crippen LogP contribution in [0.1, 0.15) is 30.0 Å². The van der Waals surface area contributed by atoms with Gasteiger partial charge >= 0.3 is 0 Å². The first kappa shape index (κ1) is 10.5. The third-order valence-corrected chi connectivity index (χ3v) is 2.83. The Morgan fingerprint density at radius 1 is 1.25 bits per heavy atom. The predicted molar refractivity (Wildman–Crippen MR) is 58.0 cm³/mol. The second kappa shape index (κ2) is 4.67. The molecule has 0 radical (unpaired) electrons. The molecule has 0 N–H and O–H groups in total. The van der Waals surface area contributed by atoms with Crippen molar-refractivity contribution in [2.24, 2.45) is 9.98 Å². The number of hydrogen-bond acceptors (Lipinski definition) is 4. The first-order valence-electron chi connectivity index (χ1n) is 5.13. The lowest BCUT2D eigenvalue weighted by Gasteiger charge is -2.21. The molecule has 0 amide bonds. The molecule has 0 aromatic heterocycles. The number of carbonyl (C=O) groups excluding carboxylic acids is 2. The lowest BCUT2D eigenvalue weighted by atomic mass is 9.87. The van der Waals surface area contributed by atoms with Crippen LogP contribution in [0.5, 0.6) is 0 Å². The summed E-state index contributed by atoms with van der Waals surface area (Å²) in [7, 11) is 0. The van der Waals surface area contributed by atoms with Crippen molar-refractivity contribution in [3.63, 3.8) is 0 Å². The molecule has 80 valence electrons. The summed E-state index contributed by atoms with van der Waals surface area (Å²) in [6.07, 6.45) is 5.79. The van der Waals surface area contributed by atoms with Crippen molar-refractivity contribution in [3.8, 4) is 0 Å². The summed E-state index contributed by atoms with van der Waals surface area (Å²) >= 11 is 0. The molecule has 1 aliphatic carbocycles. The van der Waals surface area contributed by atoms with Crippen molar-refractivity contribution in [3.05, 3.63) is 29.3 Å². The zero-order valence-electron chi connectivity index (χ0n) is 8.64. The molecular formula is C12H10N2O2. The van der Waals surface area contributed by atoms with E-state index in [1.165, 1.54) is 0 Å². The molecule has 0 saturated heterocycles. The number of nitrogens with zero attached hydrogens (tertiary/aromatic N) is 2. The van der Waals surface area contributed by atoms with E-state index < -0.39 is 0 Å². The minimum Gasteiger partial charge on any atom is -0.211 e. The minimum absolute atomic E-state index is 0.136. The fourth-order valence-corrected chi connectivity index (χ4v) is 2.16. The van der Waals surface area contributed by atoms with Gasteiger partial charge in [0.25, 0.3) is 0 Å². The van der Waals surface area contributed by atoms with Crippen LogP contribution in [0, 0.1) is 0 Å². The van der Waals surface area contributed by atoms with Crippen LogP contribution in [0.15, 0.2) is 28.2 Å². The van der Waals surface area contributed by atoms with E-state index in [2.05, 4.69) is 9.98 Å². The Labute approximate surface area is 92.7 Å². The molecule has 0 spiro atoms. The molecule has 0 heterocycles. The zero-order chi connectivity index (χ0) is 11.4. The summed E-state index contributed by atoms with van der Waals surface area (Å²) in [5.41, 5.74) is 2.62. The van der Waals surface area contributed by atoms with Crippen LogP contribution in [0.25, 0.3) is 0 Å². The molecule has 0 saturated carbocycles. The molecule has 4 heteroatoms. The van der Waals surface area contributed by atoms with Crippen LogP contribution in [0.3, 0.4) is 0 Å². The number of fused-ring (bicyclic) bond motifs is 1. The lowest BCUT2D eigenvalue weighted by Crippen LogP contribution is -2.07. The van der Waals surface area contributed by atoms with Gasteiger partial charge < -0.3 is 0 Å². The molecule has 0 bridgehead atoms. The molecule has 1 aromatic rings. The van der Waals surface area contributed by atoms with Gasteiger partial charge in [-0.15, -0.1) is 0 Å². The smallest absolute Gasteiger partial charge is 0.211 e. The molecular weight excluding hydrogens is 204 g/mol. The van der Waals surface area contributed by atoms with Gasteiger partial charge in [0.1, 0.15) is 0 Å². The first-order chi connectivity index (χ1) is 7.86. The molecule has 0 aliphatic heterocycles. The van der Waals surface area contributed by atoms with Crippen LogP contribution in [-0.2, 0) is 16.0 Å². The van der Waals surface area contributed by atoms with E-state index in [4.69, 9.17) is 0 Å². The van der Waals surface area contributed by atoms with Gasteiger partial charge in [-0.25, -0.2) is 9.59 Å². The Morgan fingerprint density at radius 3 is 2.88 bits per heavy atom. The fraction of sp³-hybridized carbons (Fsp3) is 0.333. The topological polar surface area (TPSA) is 58.9 Å². The Kier molecular flexibility index (Phi) is 3.06. The van der Waals surface area contributed by atoms with Gasteiger partial charge in [-0.05, 0) is 36.5 Å². The van der Waals surface area contributed by atoms with E-state index in [0.29, 0.717) is 5.69 Å². The Balaban J connectivity index is 2.53. The fourth-order valence-electron chi connectivity index (χ4n) is 2.16. The summed E-state index contributed by atoms with van der Waals surface area (Å²) < 4.78 is 0. The molecule has 1 aromatic carbocycles. The standard InChI is InChI=1S/C12H10N2O2/c15-7-13-11-5-1-3-9-10(11)4-2-6-12(9)14-8-16/h1,3,5,12H,2,4,6H2. The Morgan fingerprint density at radius 2 is 2.12 bits per heavy atom. The minimum atomic E-state index is -0.136. The van der Waals surface area contributed by atoms with E-state index >= 15 is 0 Å². The van der Waals surface area contributed by atoms with Gasteiger partial charge in [0, 0.05) is 0 Å². The van der Waals surface area contributed by atoms with Crippen LogP contribution in [-0.4, -0.2) is 12.2 Å². The Hall–Kier alpha value is -2.02. The summed E-state index contributed by atoms with van der Waals surface area (Å²) in [5.74, 6) is 0. The third kappa shape index (κ3) is 1.84. The van der Waals surface area contributed by atoms with Gasteiger partial charge in [0.2, 0.25) is 12.2 Å². The first-order valence-corrected chi connectivity index (χ1v) is 5.13. The summed E-state index contributed by atoms with van der Waals surface area (Å²) in [6, 6.07) is 5.37. The van der Waals surface area contributed by atoms with Crippen LogP contribution in [0.4, 0.5) is 5.69 Å². The van der Waals surface area contributed by atoms with Gasteiger partial charge in [0.05, 0.1) is 11.7 Å². The zero-order valence-corrected chi connectivity index (χ0v) is 8.64. The molecule has 1 atom stereocenters. The molecule has 1 aliphatic rings. The molecule has 1 unspecified atom stereocenters. The maximum Gasteiger partial charge on any atom is 0.240 e. The average molecular weight is 214 g/mol. The highest BCUT2D eigenvalue weighted by Crippen LogP contribution is 2.36. The number of aliphatic imine (C=N–C) groups is 2. The summed E-state index contributed by atoms with van der Waals surface area (Å²) in [6.45, 7) is 0. The molecule has 16 heavy (non-hydrogen) atoms. The molecule has 2 rings (SSSR count). The van der Waals surface area contributed by atoms with Gasteiger partial charge in [-0.3, -0.25) is 0 Å². The highest BCUT2D eigenvalue weighted by Gasteiger charge is 2.21. The van der Waals surface area contributed by atoms with E-state index in [-0.39, 0.29) is 6.04 Å². The SMILES string of the molecule is O=C=Nc1cccc2c1CCCC2N=C=O. The maximum atomic E-state index is 10.3. The van der Waals surface area contributed by atoms with Gasteiger partial charge in [0.15, 0.2) is 0 Å². The van der Waals surface area contributed by atoms with E-state index in [1.807, 2.05) is 12.1 Å². The van der Waals surface area contributed by atoms with Crippen molar-refractivity contribution < 1.29 is 9.59 Å². The van der Waals surface area contributed by atoms with E-state index in [9.17, 15) is 9.59 Å². The van der Waals surface area contributed by atoms with E-state index in [1.54, 1.807) is 18.2 Å². The number of hydrogen-bond donors (Lipinski definition) is 0. The second-order valence-corrected chi connectivity index (χ2v) is 3.68. The lowest BCUT2D eigenvalue weighted by molar-refractivity contribution is 0.538. The monoisotopic (exact) mass is 214 g/mol. The van der Waals surface area contributed by atoms with E-state index in [0.717, 1.165) is 30.4 Å². The van der Waals surface area contributed by atoms with Crippen molar-refractivity contribution in [1.82, 2.24) is 0 Å². The number of rotatable bonds is 2. The molecule has 4 nitrogen and oxygen atoms in total. The second-order valence-electron chi connectivity index (χ2n) is 3.68. The third-order valence-electron chi connectivity index (χ3n) is 2.83. The number of benzene rings is 1. The quantitative estimate of drug-likeness (QED) is 0.560. The normalized spacial score (nSPS) is 17.9. The highest BCUT2D eigenvalue weighted by atomic mass is 16.1.